The topological polar surface area (TPSA) is 17.0 Å². The fraction of sp³-hybridized carbons (Fsp3) is 0.0980. The summed E-state index contributed by atoms with van der Waals surface area (Å²) in [4.78, 5) is 0. The molecular formula is C51H38N2. The van der Waals surface area contributed by atoms with Crippen LogP contribution in [0.5, 0.6) is 0 Å². The Balaban J connectivity index is 1.01. The molecule has 2 unspecified atom stereocenters. The van der Waals surface area contributed by atoms with Gasteiger partial charge in [0.25, 0.3) is 0 Å². The molecule has 0 amide bonds. The lowest BCUT2D eigenvalue weighted by molar-refractivity contribution is 0.660. The molecule has 0 saturated heterocycles. The minimum atomic E-state index is -0.157. The Hall–Kier alpha value is -6.38. The summed E-state index contributed by atoms with van der Waals surface area (Å²) in [5.41, 5.74) is 19.3. The maximum atomic E-state index is 4.09. The standard InChI is InChI=1S/C51H38N2/c1-51(2)44-20-13-23-48(53-46-21-11-9-18-38(46)39-19-10-12-22-47(39)53)49(44)40-27-25-36(31-45(40)51)52-50-42-29-35(33-16-7-4-8-17-33)30-43(50)41-28-34(24-26-37(41)42)32-14-5-3-6-15-32/h3-31,42,50,52H,1-2H3. The molecule has 2 atom stereocenters. The minimum absolute atomic E-state index is 0.140. The maximum absolute atomic E-state index is 4.09. The molecule has 0 saturated carbocycles. The number of hydrogen-bond acceptors (Lipinski definition) is 1. The molecule has 1 N–H and O–H groups in total. The van der Waals surface area contributed by atoms with Crippen LogP contribution < -0.4 is 5.32 Å². The normalized spacial score (nSPS) is 17.6. The molecule has 0 fully saturated rings. The van der Waals surface area contributed by atoms with Gasteiger partial charge in [0.2, 0.25) is 0 Å². The number of allylic oxidation sites excluding steroid dienone is 2. The minimum Gasteiger partial charge on any atom is -0.377 e. The van der Waals surface area contributed by atoms with Gasteiger partial charge >= 0.3 is 0 Å². The molecule has 7 aromatic carbocycles. The molecule has 1 aromatic heterocycles. The van der Waals surface area contributed by atoms with Crippen molar-refractivity contribution in [1.29, 1.82) is 0 Å². The first-order valence-corrected chi connectivity index (χ1v) is 18.8. The highest BCUT2D eigenvalue weighted by atomic mass is 15.0. The SMILES string of the molecule is CC1(C)c2cc(NC3C4=CC(c5ccccc5)=CC3c3ccc(-c5ccccc5)cc34)ccc2-c2c(-n3c4ccccc4c4ccccc43)cccc21. The monoisotopic (exact) mass is 678 g/mol. The first-order valence-electron chi connectivity index (χ1n) is 18.8. The lowest BCUT2D eigenvalue weighted by Crippen LogP contribution is -2.25. The third-order valence-corrected chi connectivity index (χ3v) is 12.1. The van der Waals surface area contributed by atoms with Crippen LogP contribution in [0.25, 0.3) is 60.9 Å². The van der Waals surface area contributed by atoms with Crippen molar-refractivity contribution in [2.75, 3.05) is 5.32 Å². The highest BCUT2D eigenvalue weighted by molar-refractivity contribution is 6.10. The van der Waals surface area contributed by atoms with Gasteiger partial charge in [0, 0.05) is 33.4 Å². The van der Waals surface area contributed by atoms with Crippen molar-refractivity contribution in [2.45, 2.75) is 31.2 Å². The van der Waals surface area contributed by atoms with Gasteiger partial charge in [-0.25, -0.2) is 0 Å². The Morgan fingerprint density at radius 1 is 0.547 bits per heavy atom. The number of aromatic nitrogens is 1. The summed E-state index contributed by atoms with van der Waals surface area (Å²) in [7, 11) is 0. The molecule has 2 nitrogen and oxygen atoms in total. The van der Waals surface area contributed by atoms with E-state index >= 15 is 0 Å². The van der Waals surface area contributed by atoms with Crippen LogP contribution in [-0.2, 0) is 5.41 Å². The zero-order chi connectivity index (χ0) is 35.3. The lowest BCUT2D eigenvalue weighted by Gasteiger charge is -2.27. The van der Waals surface area contributed by atoms with E-state index in [0.29, 0.717) is 0 Å². The zero-order valence-corrected chi connectivity index (χ0v) is 29.8. The Morgan fingerprint density at radius 3 is 1.96 bits per heavy atom. The van der Waals surface area contributed by atoms with E-state index in [1.165, 1.54) is 88.7 Å². The van der Waals surface area contributed by atoms with Crippen molar-refractivity contribution in [2.24, 2.45) is 0 Å². The summed E-state index contributed by atoms with van der Waals surface area (Å²) in [6, 6.07) is 60.4. The van der Waals surface area contributed by atoms with Gasteiger partial charge in [-0.15, -0.1) is 0 Å². The van der Waals surface area contributed by atoms with Gasteiger partial charge in [-0.05, 0) is 98.1 Å². The Kier molecular flexibility index (Phi) is 6.46. The van der Waals surface area contributed by atoms with Gasteiger partial charge < -0.3 is 9.88 Å². The molecule has 2 heteroatoms. The van der Waals surface area contributed by atoms with Crippen molar-refractivity contribution in [3.05, 3.63) is 204 Å². The van der Waals surface area contributed by atoms with E-state index in [2.05, 4.69) is 200 Å². The van der Waals surface area contributed by atoms with Gasteiger partial charge in [-0.1, -0.05) is 147 Å². The largest absolute Gasteiger partial charge is 0.377 e. The summed E-state index contributed by atoms with van der Waals surface area (Å²) < 4.78 is 2.48. The van der Waals surface area contributed by atoms with Crippen LogP contribution in [0.1, 0.15) is 47.6 Å². The summed E-state index contributed by atoms with van der Waals surface area (Å²) in [5, 5.41) is 6.66. The van der Waals surface area contributed by atoms with Crippen LogP contribution in [0, 0.1) is 0 Å². The first-order chi connectivity index (χ1) is 26.0. The molecule has 8 aromatic rings. The molecule has 0 radical (unpaired) electrons. The number of fused-ring (bicyclic) bond motifs is 11. The van der Waals surface area contributed by atoms with Crippen LogP contribution >= 0.6 is 0 Å². The molecule has 2 bridgehead atoms. The molecule has 0 aliphatic heterocycles. The van der Waals surface area contributed by atoms with Gasteiger partial charge in [-0.3, -0.25) is 0 Å². The number of nitrogens with zero attached hydrogens (tertiary/aromatic N) is 1. The zero-order valence-electron chi connectivity index (χ0n) is 29.8. The van der Waals surface area contributed by atoms with Crippen LogP contribution in [0.15, 0.2) is 176 Å². The van der Waals surface area contributed by atoms with Crippen molar-refractivity contribution in [3.63, 3.8) is 0 Å². The number of anilines is 1. The van der Waals surface area contributed by atoms with Gasteiger partial charge in [-0.2, -0.15) is 0 Å². The number of hydrogen-bond donors (Lipinski definition) is 1. The predicted octanol–water partition coefficient (Wildman–Crippen LogP) is 12.8. The van der Waals surface area contributed by atoms with Crippen LogP contribution in [0.4, 0.5) is 5.69 Å². The number of para-hydroxylation sites is 2. The van der Waals surface area contributed by atoms with E-state index in [0.717, 1.165) is 5.69 Å². The molecule has 3 aliphatic rings. The fourth-order valence-corrected chi connectivity index (χ4v) is 9.59. The third kappa shape index (κ3) is 4.45. The van der Waals surface area contributed by atoms with E-state index in [9.17, 15) is 0 Å². The summed E-state index contributed by atoms with van der Waals surface area (Å²) >= 11 is 0. The van der Waals surface area contributed by atoms with E-state index in [4.69, 9.17) is 0 Å². The molecule has 1 heterocycles. The van der Waals surface area contributed by atoms with Crippen LogP contribution in [-0.4, -0.2) is 10.6 Å². The number of rotatable bonds is 5. The van der Waals surface area contributed by atoms with Crippen LogP contribution in [0.3, 0.4) is 0 Å². The summed E-state index contributed by atoms with van der Waals surface area (Å²) in [5.74, 6) is 0.227. The van der Waals surface area contributed by atoms with Crippen molar-refractivity contribution in [3.8, 4) is 27.9 Å². The van der Waals surface area contributed by atoms with Gasteiger partial charge in [0.05, 0.1) is 22.8 Å². The average molecular weight is 679 g/mol. The van der Waals surface area contributed by atoms with Crippen molar-refractivity contribution >= 4 is 38.6 Å². The highest BCUT2D eigenvalue weighted by Gasteiger charge is 2.40. The molecule has 252 valence electrons. The molecular weight excluding hydrogens is 641 g/mol. The molecule has 53 heavy (non-hydrogen) atoms. The van der Waals surface area contributed by atoms with Gasteiger partial charge in [0.15, 0.2) is 0 Å². The van der Waals surface area contributed by atoms with Gasteiger partial charge in [0.1, 0.15) is 0 Å². The van der Waals surface area contributed by atoms with E-state index in [1.54, 1.807) is 0 Å². The van der Waals surface area contributed by atoms with E-state index in [-0.39, 0.29) is 17.4 Å². The summed E-state index contributed by atoms with van der Waals surface area (Å²) in [6.45, 7) is 4.78. The smallest absolute Gasteiger partial charge is 0.0623 e. The molecule has 3 aliphatic carbocycles. The van der Waals surface area contributed by atoms with Crippen LogP contribution in [0.2, 0.25) is 0 Å². The average Bonchev–Trinajstić information content (AvgIpc) is 3.72. The Bertz CT molecular complexity index is 2780. The summed E-state index contributed by atoms with van der Waals surface area (Å²) in [6.07, 6.45) is 4.91. The highest BCUT2D eigenvalue weighted by Crippen LogP contribution is 2.54. The Morgan fingerprint density at radius 2 is 1.23 bits per heavy atom. The lowest BCUT2D eigenvalue weighted by atomic mass is 9.82. The second-order valence-corrected chi connectivity index (χ2v) is 15.4. The van der Waals surface area contributed by atoms with Crippen molar-refractivity contribution in [1.82, 2.24) is 4.57 Å². The number of nitrogens with one attached hydrogen (secondary N) is 1. The van der Waals surface area contributed by atoms with E-state index in [1.807, 2.05) is 0 Å². The fourth-order valence-electron chi connectivity index (χ4n) is 9.59. The molecule has 0 spiro atoms. The second kappa shape index (κ2) is 11.3. The first kappa shape index (κ1) is 30.3. The second-order valence-electron chi connectivity index (χ2n) is 15.4. The maximum Gasteiger partial charge on any atom is 0.0623 e. The number of benzene rings is 7. The Labute approximate surface area is 310 Å². The quantitative estimate of drug-likeness (QED) is 0.192. The predicted molar refractivity (Wildman–Crippen MR) is 223 cm³/mol. The molecule has 11 rings (SSSR count). The van der Waals surface area contributed by atoms with E-state index < -0.39 is 0 Å². The third-order valence-electron chi connectivity index (χ3n) is 12.1. The van der Waals surface area contributed by atoms with Crippen molar-refractivity contribution < 1.29 is 0 Å².